The van der Waals surface area contributed by atoms with Gasteiger partial charge in [0.15, 0.2) is 0 Å². The van der Waals surface area contributed by atoms with Crippen molar-refractivity contribution in [2.75, 3.05) is 13.7 Å². The van der Waals surface area contributed by atoms with Crippen LogP contribution in [0.1, 0.15) is 32.8 Å². The Morgan fingerprint density at radius 3 is 2.50 bits per heavy atom. The first kappa shape index (κ1) is 16.9. The lowest BCUT2D eigenvalue weighted by Crippen LogP contribution is -2.34. The van der Waals surface area contributed by atoms with Gasteiger partial charge < -0.3 is 9.84 Å². The summed E-state index contributed by atoms with van der Waals surface area (Å²) in [5.41, 5.74) is 0.477. The molecule has 1 unspecified atom stereocenters. The summed E-state index contributed by atoms with van der Waals surface area (Å²) in [5, 5.41) is 9.34. The lowest BCUT2D eigenvalue weighted by atomic mass is 10.2. The van der Waals surface area contributed by atoms with E-state index in [1.54, 1.807) is 13.1 Å². The lowest BCUT2D eigenvalue weighted by Gasteiger charge is -2.23. The van der Waals surface area contributed by atoms with Crippen LogP contribution in [0.3, 0.4) is 0 Å². The first-order valence-corrected chi connectivity index (χ1v) is 8.17. The van der Waals surface area contributed by atoms with Crippen molar-refractivity contribution in [1.29, 1.82) is 0 Å². The predicted octanol–water partition coefficient (Wildman–Crippen LogP) is 2.00. The second-order valence-corrected chi connectivity index (χ2v) is 6.64. The molecule has 1 rings (SSSR count). The van der Waals surface area contributed by atoms with Crippen LogP contribution in [0, 0.1) is 0 Å². The highest BCUT2D eigenvalue weighted by Crippen LogP contribution is 2.25. The fourth-order valence-corrected chi connectivity index (χ4v) is 3.28. The van der Waals surface area contributed by atoms with Gasteiger partial charge in [-0.2, -0.15) is 4.31 Å². The van der Waals surface area contributed by atoms with E-state index in [4.69, 9.17) is 4.74 Å². The minimum absolute atomic E-state index is 0.0795. The lowest BCUT2D eigenvalue weighted by molar-refractivity contribution is 0.266. The van der Waals surface area contributed by atoms with Gasteiger partial charge in [-0.3, -0.25) is 0 Å². The maximum absolute atomic E-state index is 12.5. The van der Waals surface area contributed by atoms with E-state index < -0.39 is 10.0 Å². The second-order valence-electron chi connectivity index (χ2n) is 4.64. The Hall–Kier alpha value is -1.11. The van der Waals surface area contributed by atoms with Gasteiger partial charge in [-0.1, -0.05) is 6.92 Å². The molecular formula is C14H23NO4S. The predicted molar refractivity (Wildman–Crippen MR) is 78.2 cm³/mol. The molecular weight excluding hydrogens is 278 g/mol. The van der Waals surface area contributed by atoms with Crippen LogP contribution >= 0.6 is 0 Å². The van der Waals surface area contributed by atoms with E-state index in [0.29, 0.717) is 17.9 Å². The Labute approximate surface area is 121 Å². The van der Waals surface area contributed by atoms with Crippen LogP contribution in [-0.2, 0) is 16.6 Å². The number of hydrogen-bond acceptors (Lipinski definition) is 4. The zero-order chi connectivity index (χ0) is 15.3. The summed E-state index contributed by atoms with van der Waals surface area (Å²) in [5.74, 6) is 0.514. The molecule has 0 bridgehead atoms. The Bertz CT molecular complexity index is 542. The van der Waals surface area contributed by atoms with Crippen molar-refractivity contribution < 1.29 is 18.3 Å². The van der Waals surface area contributed by atoms with Gasteiger partial charge in [0.05, 0.1) is 18.1 Å². The number of aliphatic hydroxyl groups excluding tert-OH is 1. The fourth-order valence-electron chi connectivity index (χ4n) is 1.80. The molecule has 0 fully saturated rings. The highest BCUT2D eigenvalue weighted by atomic mass is 32.2. The zero-order valence-corrected chi connectivity index (χ0v) is 13.3. The molecule has 20 heavy (non-hydrogen) atoms. The standard InChI is InChI=1S/C14H23NO4S/c1-5-11(3)15(4)20(17,18)13-7-8-14(19-6-2)12(9-13)10-16/h7-9,11,16H,5-6,10H2,1-4H3. The number of ether oxygens (including phenoxy) is 1. The first-order valence-electron chi connectivity index (χ1n) is 6.73. The monoisotopic (exact) mass is 301 g/mol. The van der Waals surface area contributed by atoms with Crippen molar-refractivity contribution in [2.24, 2.45) is 0 Å². The SMILES string of the molecule is CCOc1ccc(S(=O)(=O)N(C)C(C)CC)cc1CO. The Morgan fingerprint density at radius 2 is 2.00 bits per heavy atom. The molecule has 1 atom stereocenters. The molecule has 0 heterocycles. The van der Waals surface area contributed by atoms with E-state index in [-0.39, 0.29) is 17.5 Å². The van der Waals surface area contributed by atoms with Gasteiger partial charge in [0, 0.05) is 18.7 Å². The van der Waals surface area contributed by atoms with Gasteiger partial charge in [0.25, 0.3) is 0 Å². The minimum atomic E-state index is -3.55. The molecule has 0 saturated heterocycles. The topological polar surface area (TPSA) is 66.8 Å². The molecule has 0 aliphatic rings. The van der Waals surface area contributed by atoms with E-state index in [2.05, 4.69) is 0 Å². The van der Waals surface area contributed by atoms with E-state index in [1.807, 2.05) is 20.8 Å². The molecule has 6 heteroatoms. The second kappa shape index (κ2) is 7.06. The molecule has 5 nitrogen and oxygen atoms in total. The fraction of sp³-hybridized carbons (Fsp3) is 0.571. The number of rotatable bonds is 7. The van der Waals surface area contributed by atoms with Crippen LogP contribution < -0.4 is 4.74 Å². The summed E-state index contributed by atoms with van der Waals surface area (Å²) < 4.78 is 31.7. The number of hydrogen-bond donors (Lipinski definition) is 1. The van der Waals surface area contributed by atoms with Crippen molar-refractivity contribution >= 4 is 10.0 Å². The third-order valence-corrected chi connectivity index (χ3v) is 5.36. The molecule has 0 aromatic heterocycles. The van der Waals surface area contributed by atoms with Crippen molar-refractivity contribution in [2.45, 2.75) is 44.7 Å². The summed E-state index contributed by atoms with van der Waals surface area (Å²) >= 11 is 0. The van der Waals surface area contributed by atoms with Crippen molar-refractivity contribution in [3.05, 3.63) is 23.8 Å². The Morgan fingerprint density at radius 1 is 1.35 bits per heavy atom. The third-order valence-electron chi connectivity index (χ3n) is 3.39. The Kier molecular flexibility index (Phi) is 5.98. The number of sulfonamides is 1. The maximum atomic E-state index is 12.5. The van der Waals surface area contributed by atoms with Gasteiger partial charge in [-0.25, -0.2) is 8.42 Å². The van der Waals surface area contributed by atoms with Crippen molar-refractivity contribution in [3.63, 3.8) is 0 Å². The van der Waals surface area contributed by atoms with Gasteiger partial charge in [-0.15, -0.1) is 0 Å². The van der Waals surface area contributed by atoms with Gasteiger partial charge >= 0.3 is 0 Å². The Balaban J connectivity index is 3.19. The number of aliphatic hydroxyl groups is 1. The summed E-state index contributed by atoms with van der Waals surface area (Å²) in [7, 11) is -1.98. The third kappa shape index (κ3) is 3.50. The van der Waals surface area contributed by atoms with Crippen LogP contribution in [-0.4, -0.2) is 37.5 Å². The average molecular weight is 301 g/mol. The van der Waals surface area contributed by atoms with Gasteiger partial charge in [-0.05, 0) is 38.5 Å². The minimum Gasteiger partial charge on any atom is -0.494 e. The van der Waals surface area contributed by atoms with E-state index in [0.717, 1.165) is 6.42 Å². The molecule has 0 amide bonds. The summed E-state index contributed by atoms with van der Waals surface area (Å²) in [6.45, 7) is 5.84. The van der Waals surface area contributed by atoms with Crippen LogP contribution in [0.4, 0.5) is 0 Å². The summed E-state index contributed by atoms with van der Waals surface area (Å²) in [4.78, 5) is 0.174. The molecule has 0 spiro atoms. The van der Waals surface area contributed by atoms with Crippen LogP contribution in [0.25, 0.3) is 0 Å². The molecule has 0 aliphatic carbocycles. The summed E-state index contributed by atoms with van der Waals surface area (Å²) in [6.07, 6.45) is 0.736. The number of nitrogens with zero attached hydrogens (tertiary/aromatic N) is 1. The first-order chi connectivity index (χ1) is 9.38. The highest BCUT2D eigenvalue weighted by Gasteiger charge is 2.25. The summed E-state index contributed by atoms with van der Waals surface area (Å²) in [6, 6.07) is 4.49. The van der Waals surface area contributed by atoms with Crippen molar-refractivity contribution in [1.82, 2.24) is 4.31 Å². The van der Waals surface area contributed by atoms with Crippen LogP contribution in [0.15, 0.2) is 23.1 Å². The highest BCUT2D eigenvalue weighted by molar-refractivity contribution is 7.89. The van der Waals surface area contributed by atoms with E-state index in [9.17, 15) is 13.5 Å². The van der Waals surface area contributed by atoms with Crippen molar-refractivity contribution in [3.8, 4) is 5.75 Å². The molecule has 0 radical (unpaired) electrons. The van der Waals surface area contributed by atoms with E-state index >= 15 is 0 Å². The smallest absolute Gasteiger partial charge is 0.243 e. The van der Waals surface area contributed by atoms with Gasteiger partial charge in [0.1, 0.15) is 5.75 Å². The molecule has 1 aromatic rings. The van der Waals surface area contributed by atoms with E-state index in [1.165, 1.54) is 16.4 Å². The molecule has 114 valence electrons. The normalized spacial score (nSPS) is 13.5. The molecule has 0 saturated carbocycles. The molecule has 1 aromatic carbocycles. The van der Waals surface area contributed by atoms with Crippen LogP contribution in [0.5, 0.6) is 5.75 Å². The molecule has 0 aliphatic heterocycles. The van der Waals surface area contributed by atoms with Crippen LogP contribution in [0.2, 0.25) is 0 Å². The zero-order valence-electron chi connectivity index (χ0n) is 12.5. The maximum Gasteiger partial charge on any atom is 0.243 e. The quantitative estimate of drug-likeness (QED) is 0.836. The number of benzene rings is 1. The molecule has 1 N–H and O–H groups in total. The van der Waals surface area contributed by atoms with Gasteiger partial charge in [0.2, 0.25) is 10.0 Å². The average Bonchev–Trinajstić information content (AvgIpc) is 2.46. The largest absolute Gasteiger partial charge is 0.494 e.